The Hall–Kier alpha value is -1.99. The molecule has 8 heteroatoms. The van der Waals surface area contributed by atoms with E-state index in [0.717, 1.165) is 34.3 Å². The SMILES string of the molecule is CCOC(=O)[C@H](C)N1C(=O)S/C(=C/c2cc3c(cc2Cl)N(C)C(C)(C)C[C@H]3C)C1=O. The second kappa shape index (κ2) is 8.27. The van der Waals surface area contributed by atoms with E-state index in [4.69, 9.17) is 16.3 Å². The van der Waals surface area contributed by atoms with Crippen LogP contribution in [0, 0.1) is 0 Å². The zero-order valence-corrected chi connectivity index (χ0v) is 19.7. The van der Waals surface area contributed by atoms with Crippen LogP contribution in [0.1, 0.15) is 58.1 Å². The van der Waals surface area contributed by atoms with Crippen molar-refractivity contribution >= 4 is 52.2 Å². The van der Waals surface area contributed by atoms with E-state index in [0.29, 0.717) is 16.5 Å². The molecule has 0 aromatic heterocycles. The van der Waals surface area contributed by atoms with E-state index in [1.165, 1.54) is 6.92 Å². The molecule has 3 rings (SSSR count). The van der Waals surface area contributed by atoms with Gasteiger partial charge in [0.05, 0.1) is 11.5 Å². The highest BCUT2D eigenvalue weighted by Gasteiger charge is 2.41. The number of benzene rings is 1. The number of anilines is 1. The Labute approximate surface area is 186 Å². The number of ether oxygens (including phenoxy) is 1. The fraction of sp³-hybridized carbons (Fsp3) is 0.500. The fourth-order valence-corrected chi connectivity index (χ4v) is 5.15. The molecule has 2 atom stereocenters. The van der Waals surface area contributed by atoms with Crippen molar-refractivity contribution in [2.75, 3.05) is 18.6 Å². The number of thioether (sulfide) groups is 1. The average Bonchev–Trinajstić information content (AvgIpc) is 2.93. The molecular formula is C22H27ClN2O4S. The lowest BCUT2D eigenvalue weighted by molar-refractivity contribution is -0.150. The van der Waals surface area contributed by atoms with Gasteiger partial charge in [0.2, 0.25) is 0 Å². The Kier molecular flexibility index (Phi) is 6.25. The minimum atomic E-state index is -0.974. The zero-order chi connectivity index (χ0) is 22.4. The number of esters is 1. The quantitative estimate of drug-likeness (QED) is 0.472. The van der Waals surface area contributed by atoms with Crippen LogP contribution in [0.4, 0.5) is 10.5 Å². The standard InChI is InChI=1S/C22H27ClN2O4S/c1-7-29-20(27)13(3)25-19(26)18(30-21(25)28)9-14-8-15-12(2)11-22(4,5)24(6)17(15)10-16(14)23/h8-10,12-13H,7,11H2,1-6H3/b18-9+/t12-,13+/m1/s1. The molecule has 0 radical (unpaired) electrons. The highest BCUT2D eigenvalue weighted by molar-refractivity contribution is 8.18. The van der Waals surface area contributed by atoms with Gasteiger partial charge in [-0.1, -0.05) is 18.5 Å². The summed E-state index contributed by atoms with van der Waals surface area (Å²) in [4.78, 5) is 40.6. The molecule has 0 bridgehead atoms. The maximum absolute atomic E-state index is 12.8. The second-order valence-electron chi connectivity index (χ2n) is 8.39. The Morgan fingerprint density at radius 3 is 2.70 bits per heavy atom. The first-order valence-corrected chi connectivity index (χ1v) is 11.2. The number of carbonyl (C=O) groups excluding carboxylic acids is 3. The van der Waals surface area contributed by atoms with Crippen LogP contribution in [0.5, 0.6) is 0 Å². The molecule has 0 N–H and O–H groups in total. The lowest BCUT2D eigenvalue weighted by atomic mass is 9.80. The summed E-state index contributed by atoms with van der Waals surface area (Å²) in [5.41, 5.74) is 2.93. The van der Waals surface area contributed by atoms with Crippen LogP contribution in [-0.2, 0) is 14.3 Å². The maximum atomic E-state index is 12.8. The Morgan fingerprint density at radius 1 is 1.40 bits per heavy atom. The van der Waals surface area contributed by atoms with Gasteiger partial charge in [0.15, 0.2) is 0 Å². The third kappa shape index (κ3) is 3.97. The van der Waals surface area contributed by atoms with Gasteiger partial charge >= 0.3 is 5.97 Å². The summed E-state index contributed by atoms with van der Waals surface area (Å²) in [6.45, 7) is 9.94. The van der Waals surface area contributed by atoms with E-state index < -0.39 is 23.2 Å². The first kappa shape index (κ1) is 22.7. The van der Waals surface area contributed by atoms with E-state index in [1.54, 1.807) is 13.0 Å². The van der Waals surface area contributed by atoms with E-state index >= 15 is 0 Å². The molecular weight excluding hydrogens is 424 g/mol. The smallest absolute Gasteiger partial charge is 0.329 e. The number of amides is 2. The van der Waals surface area contributed by atoms with Gasteiger partial charge in [0, 0.05) is 23.3 Å². The third-order valence-electron chi connectivity index (χ3n) is 5.88. The topological polar surface area (TPSA) is 66.9 Å². The zero-order valence-electron chi connectivity index (χ0n) is 18.1. The summed E-state index contributed by atoms with van der Waals surface area (Å²) < 4.78 is 4.95. The molecule has 6 nitrogen and oxygen atoms in total. The van der Waals surface area contributed by atoms with Crippen LogP contribution in [-0.4, -0.2) is 47.3 Å². The minimum Gasteiger partial charge on any atom is -0.464 e. The van der Waals surface area contributed by atoms with Gasteiger partial charge in [-0.3, -0.25) is 14.5 Å². The molecule has 1 saturated heterocycles. The first-order valence-electron chi connectivity index (χ1n) is 9.99. The first-order chi connectivity index (χ1) is 14.0. The van der Waals surface area contributed by atoms with Gasteiger partial charge in [0.25, 0.3) is 11.1 Å². The van der Waals surface area contributed by atoms with Gasteiger partial charge in [-0.25, -0.2) is 4.79 Å². The molecule has 2 aliphatic rings. The summed E-state index contributed by atoms with van der Waals surface area (Å²) in [5, 5.41) is 0.0199. The van der Waals surface area contributed by atoms with E-state index in [2.05, 4.69) is 32.7 Å². The van der Waals surface area contributed by atoms with Crippen molar-refractivity contribution in [3.05, 3.63) is 33.2 Å². The average molecular weight is 451 g/mol. The van der Waals surface area contributed by atoms with Gasteiger partial charge < -0.3 is 9.64 Å². The van der Waals surface area contributed by atoms with Crippen molar-refractivity contribution in [3.8, 4) is 0 Å². The monoisotopic (exact) mass is 450 g/mol. The van der Waals surface area contributed by atoms with Crippen LogP contribution < -0.4 is 4.90 Å². The molecule has 1 aromatic rings. The van der Waals surface area contributed by atoms with Crippen LogP contribution in [0.15, 0.2) is 17.0 Å². The Balaban J connectivity index is 1.95. The molecule has 2 heterocycles. The number of hydrogen-bond donors (Lipinski definition) is 0. The number of halogens is 1. The third-order valence-corrected chi connectivity index (χ3v) is 7.09. The second-order valence-corrected chi connectivity index (χ2v) is 9.79. The van der Waals surface area contributed by atoms with Gasteiger partial charge in [-0.05, 0) is 81.1 Å². The van der Waals surface area contributed by atoms with Gasteiger partial charge in [-0.2, -0.15) is 0 Å². The molecule has 30 heavy (non-hydrogen) atoms. The van der Waals surface area contributed by atoms with E-state index in [-0.39, 0.29) is 17.1 Å². The van der Waals surface area contributed by atoms with Crippen LogP contribution in [0.3, 0.4) is 0 Å². The minimum absolute atomic E-state index is 0.0170. The summed E-state index contributed by atoms with van der Waals surface area (Å²) >= 11 is 7.37. The Bertz CT molecular complexity index is 943. The number of fused-ring (bicyclic) bond motifs is 1. The molecule has 162 valence electrons. The highest BCUT2D eigenvalue weighted by Crippen LogP contribution is 2.45. The van der Waals surface area contributed by atoms with Gasteiger partial charge in [-0.15, -0.1) is 0 Å². The molecule has 0 aliphatic carbocycles. The predicted octanol–water partition coefficient (Wildman–Crippen LogP) is 5.05. The van der Waals surface area contributed by atoms with E-state index in [9.17, 15) is 14.4 Å². The number of rotatable bonds is 4. The maximum Gasteiger partial charge on any atom is 0.329 e. The molecule has 0 saturated carbocycles. The van der Waals surface area contributed by atoms with Gasteiger partial charge in [0.1, 0.15) is 6.04 Å². The lowest BCUT2D eigenvalue weighted by Crippen LogP contribution is -2.45. The number of carbonyl (C=O) groups is 3. The lowest BCUT2D eigenvalue weighted by Gasteiger charge is -2.45. The van der Waals surface area contributed by atoms with Crippen molar-refractivity contribution in [3.63, 3.8) is 0 Å². The van der Waals surface area contributed by atoms with Crippen molar-refractivity contribution in [2.45, 2.75) is 58.5 Å². The molecule has 0 spiro atoms. The molecule has 2 aliphatic heterocycles. The molecule has 1 aromatic carbocycles. The van der Waals surface area contributed by atoms with Crippen molar-refractivity contribution in [1.29, 1.82) is 0 Å². The summed E-state index contributed by atoms with van der Waals surface area (Å²) in [5.74, 6) is -0.785. The van der Waals surface area contributed by atoms with Crippen molar-refractivity contribution in [1.82, 2.24) is 4.90 Å². The number of nitrogens with zero attached hydrogens (tertiary/aromatic N) is 2. The van der Waals surface area contributed by atoms with E-state index in [1.807, 2.05) is 12.1 Å². The highest BCUT2D eigenvalue weighted by atomic mass is 35.5. The largest absolute Gasteiger partial charge is 0.464 e. The van der Waals surface area contributed by atoms with Crippen LogP contribution >= 0.6 is 23.4 Å². The predicted molar refractivity (Wildman–Crippen MR) is 121 cm³/mol. The van der Waals surface area contributed by atoms with Crippen LogP contribution in [0.2, 0.25) is 5.02 Å². The van der Waals surface area contributed by atoms with Crippen molar-refractivity contribution < 1.29 is 19.1 Å². The van der Waals surface area contributed by atoms with Crippen LogP contribution in [0.25, 0.3) is 6.08 Å². The summed E-state index contributed by atoms with van der Waals surface area (Å²) in [6.07, 6.45) is 2.63. The molecule has 2 amide bonds. The fourth-order valence-electron chi connectivity index (χ4n) is 4.04. The molecule has 0 unspecified atom stereocenters. The van der Waals surface area contributed by atoms with Crippen molar-refractivity contribution in [2.24, 2.45) is 0 Å². The Morgan fingerprint density at radius 2 is 2.07 bits per heavy atom. The normalized spacial score (nSPS) is 23.0. The summed E-state index contributed by atoms with van der Waals surface area (Å²) in [6, 6.07) is 2.95. The number of imide groups is 1. The molecule has 1 fully saturated rings. The number of hydrogen-bond acceptors (Lipinski definition) is 6. The summed E-state index contributed by atoms with van der Waals surface area (Å²) in [7, 11) is 2.06.